The van der Waals surface area contributed by atoms with Gasteiger partial charge in [-0.25, -0.2) is 0 Å². The SMILES string of the molecule is CCC(NC(C)=O)C(C)NC(=O)CC(C)=O. The summed E-state index contributed by atoms with van der Waals surface area (Å²) in [4.78, 5) is 33.0. The van der Waals surface area contributed by atoms with E-state index in [0.29, 0.717) is 0 Å². The molecule has 0 bridgehead atoms. The van der Waals surface area contributed by atoms with Crippen molar-refractivity contribution in [2.45, 2.75) is 52.6 Å². The molecule has 2 amide bonds. The Morgan fingerprint density at radius 1 is 1.12 bits per heavy atom. The van der Waals surface area contributed by atoms with E-state index in [1.165, 1.54) is 13.8 Å². The Balaban J connectivity index is 4.19. The Morgan fingerprint density at radius 2 is 1.69 bits per heavy atom. The average molecular weight is 228 g/mol. The van der Waals surface area contributed by atoms with Gasteiger partial charge in [-0.1, -0.05) is 6.92 Å². The largest absolute Gasteiger partial charge is 0.352 e. The van der Waals surface area contributed by atoms with Crippen molar-refractivity contribution in [2.75, 3.05) is 0 Å². The van der Waals surface area contributed by atoms with E-state index >= 15 is 0 Å². The fourth-order valence-electron chi connectivity index (χ4n) is 1.47. The fourth-order valence-corrected chi connectivity index (χ4v) is 1.47. The minimum atomic E-state index is -0.302. The van der Waals surface area contributed by atoms with Gasteiger partial charge in [0.25, 0.3) is 0 Å². The number of amides is 2. The first kappa shape index (κ1) is 14.6. The summed E-state index contributed by atoms with van der Waals surface area (Å²) in [5, 5.41) is 5.44. The van der Waals surface area contributed by atoms with Crippen molar-refractivity contribution in [1.82, 2.24) is 10.6 Å². The van der Waals surface area contributed by atoms with Crippen molar-refractivity contribution in [3.63, 3.8) is 0 Å². The van der Waals surface area contributed by atoms with Crippen molar-refractivity contribution in [3.05, 3.63) is 0 Å². The highest BCUT2D eigenvalue weighted by Crippen LogP contribution is 1.99. The van der Waals surface area contributed by atoms with Gasteiger partial charge in [0.2, 0.25) is 11.8 Å². The lowest BCUT2D eigenvalue weighted by Gasteiger charge is -2.24. The highest BCUT2D eigenvalue weighted by molar-refractivity contribution is 5.96. The third kappa shape index (κ3) is 6.16. The molecule has 2 N–H and O–H groups in total. The van der Waals surface area contributed by atoms with Crippen LogP contribution in [0.25, 0.3) is 0 Å². The van der Waals surface area contributed by atoms with Crippen LogP contribution in [-0.2, 0) is 14.4 Å². The summed E-state index contributed by atoms with van der Waals surface area (Å²) in [6.45, 7) is 6.54. The number of ketones is 1. The van der Waals surface area contributed by atoms with Gasteiger partial charge in [-0.3, -0.25) is 14.4 Å². The Hall–Kier alpha value is -1.39. The number of hydrogen-bond acceptors (Lipinski definition) is 3. The van der Waals surface area contributed by atoms with Crippen molar-refractivity contribution in [3.8, 4) is 0 Å². The van der Waals surface area contributed by atoms with Crippen LogP contribution in [0.1, 0.15) is 40.5 Å². The number of carbonyl (C=O) groups is 3. The topological polar surface area (TPSA) is 75.3 Å². The van der Waals surface area contributed by atoms with E-state index < -0.39 is 0 Å². The van der Waals surface area contributed by atoms with Gasteiger partial charge < -0.3 is 10.6 Å². The summed E-state index contributed by atoms with van der Waals surface area (Å²) in [5.41, 5.74) is 0. The number of hydrogen-bond donors (Lipinski definition) is 2. The normalized spacial score (nSPS) is 13.8. The minimum absolute atomic E-state index is 0.103. The maximum absolute atomic E-state index is 11.3. The van der Waals surface area contributed by atoms with Crippen molar-refractivity contribution in [2.24, 2.45) is 0 Å². The summed E-state index contributed by atoms with van der Waals surface area (Å²) in [6.07, 6.45) is 0.613. The monoisotopic (exact) mass is 228 g/mol. The zero-order valence-electron chi connectivity index (χ0n) is 10.3. The van der Waals surface area contributed by atoms with E-state index in [9.17, 15) is 14.4 Å². The molecule has 16 heavy (non-hydrogen) atoms. The van der Waals surface area contributed by atoms with Crippen LogP contribution < -0.4 is 10.6 Å². The number of nitrogens with one attached hydrogen (secondary N) is 2. The molecule has 92 valence electrons. The highest BCUT2D eigenvalue weighted by atomic mass is 16.2. The fraction of sp³-hybridized carbons (Fsp3) is 0.727. The van der Waals surface area contributed by atoms with E-state index in [1.54, 1.807) is 0 Å². The van der Waals surface area contributed by atoms with Gasteiger partial charge in [0.1, 0.15) is 5.78 Å². The second-order valence-corrected chi connectivity index (χ2v) is 3.95. The third-order valence-corrected chi connectivity index (χ3v) is 2.23. The van der Waals surface area contributed by atoms with Crippen LogP contribution in [0.15, 0.2) is 0 Å². The van der Waals surface area contributed by atoms with E-state index in [-0.39, 0.29) is 36.1 Å². The van der Waals surface area contributed by atoms with Crippen molar-refractivity contribution < 1.29 is 14.4 Å². The van der Waals surface area contributed by atoms with Gasteiger partial charge in [-0.05, 0) is 20.3 Å². The van der Waals surface area contributed by atoms with E-state index in [1.807, 2.05) is 13.8 Å². The molecule has 0 aliphatic carbocycles. The molecule has 0 fully saturated rings. The average Bonchev–Trinajstić information content (AvgIpc) is 2.11. The molecule has 2 atom stereocenters. The van der Waals surface area contributed by atoms with E-state index in [2.05, 4.69) is 10.6 Å². The molecule has 0 aromatic heterocycles. The third-order valence-electron chi connectivity index (χ3n) is 2.23. The molecule has 0 radical (unpaired) electrons. The molecule has 0 spiro atoms. The van der Waals surface area contributed by atoms with Crippen molar-refractivity contribution in [1.29, 1.82) is 0 Å². The zero-order valence-corrected chi connectivity index (χ0v) is 10.3. The Kier molecular flexibility index (Phi) is 6.37. The second kappa shape index (κ2) is 6.98. The molecule has 0 saturated carbocycles. The first-order valence-electron chi connectivity index (χ1n) is 5.42. The molecule has 2 unspecified atom stereocenters. The lowest BCUT2D eigenvalue weighted by molar-refractivity contribution is -0.128. The summed E-state index contributed by atoms with van der Waals surface area (Å²) < 4.78 is 0. The summed E-state index contributed by atoms with van der Waals surface area (Å²) in [7, 11) is 0. The van der Waals surface area contributed by atoms with E-state index in [0.717, 1.165) is 6.42 Å². The van der Waals surface area contributed by atoms with E-state index in [4.69, 9.17) is 0 Å². The number of carbonyl (C=O) groups excluding carboxylic acids is 3. The predicted octanol–water partition coefficient (Wildman–Crippen LogP) is 0.385. The zero-order chi connectivity index (χ0) is 12.7. The van der Waals surface area contributed by atoms with Gasteiger partial charge in [0, 0.05) is 19.0 Å². The number of Topliss-reactive ketones (excluding diaryl/α,β-unsaturated/α-hetero) is 1. The van der Waals surface area contributed by atoms with Crippen LogP contribution in [0.4, 0.5) is 0 Å². The van der Waals surface area contributed by atoms with Gasteiger partial charge in [0.15, 0.2) is 0 Å². The molecular formula is C11H20N2O3. The molecule has 0 rings (SSSR count). The van der Waals surface area contributed by atoms with Crippen LogP contribution >= 0.6 is 0 Å². The van der Waals surface area contributed by atoms with Gasteiger partial charge in [-0.15, -0.1) is 0 Å². The molecule has 0 aromatic rings. The van der Waals surface area contributed by atoms with Crippen molar-refractivity contribution >= 4 is 17.6 Å². The van der Waals surface area contributed by atoms with Crippen LogP contribution in [-0.4, -0.2) is 29.7 Å². The lowest BCUT2D eigenvalue weighted by Crippen LogP contribution is -2.49. The highest BCUT2D eigenvalue weighted by Gasteiger charge is 2.18. The molecule has 0 saturated heterocycles. The van der Waals surface area contributed by atoms with Crippen LogP contribution in [0.2, 0.25) is 0 Å². The standard InChI is InChI=1S/C11H20N2O3/c1-5-10(13-9(4)15)8(3)12-11(16)6-7(2)14/h8,10H,5-6H2,1-4H3,(H,12,16)(H,13,15). The molecule has 0 heterocycles. The molecule has 0 aromatic carbocycles. The molecule has 5 heteroatoms. The quantitative estimate of drug-likeness (QED) is 0.645. The molecule has 0 aliphatic rings. The molecule has 5 nitrogen and oxygen atoms in total. The Morgan fingerprint density at radius 3 is 2.06 bits per heavy atom. The second-order valence-electron chi connectivity index (χ2n) is 3.95. The Labute approximate surface area is 96.0 Å². The van der Waals surface area contributed by atoms with Gasteiger partial charge in [-0.2, -0.15) is 0 Å². The van der Waals surface area contributed by atoms with Crippen LogP contribution in [0, 0.1) is 0 Å². The van der Waals surface area contributed by atoms with Gasteiger partial charge in [0.05, 0.1) is 6.42 Å². The minimum Gasteiger partial charge on any atom is -0.352 e. The first-order chi connectivity index (χ1) is 7.36. The van der Waals surface area contributed by atoms with Crippen LogP contribution in [0.5, 0.6) is 0 Å². The first-order valence-corrected chi connectivity index (χ1v) is 5.42. The maximum Gasteiger partial charge on any atom is 0.227 e. The molecular weight excluding hydrogens is 208 g/mol. The van der Waals surface area contributed by atoms with Gasteiger partial charge >= 0.3 is 0 Å². The Bertz CT molecular complexity index is 276. The summed E-state index contributed by atoms with van der Waals surface area (Å²) in [6, 6.07) is -0.283. The summed E-state index contributed by atoms with van der Waals surface area (Å²) in [5.74, 6) is -0.597. The smallest absolute Gasteiger partial charge is 0.227 e. The lowest BCUT2D eigenvalue weighted by atomic mass is 10.1. The maximum atomic E-state index is 11.3. The van der Waals surface area contributed by atoms with Crippen LogP contribution in [0.3, 0.4) is 0 Å². The summed E-state index contributed by atoms with van der Waals surface area (Å²) >= 11 is 0. The molecule has 0 aliphatic heterocycles. The number of rotatable bonds is 6. The predicted molar refractivity (Wildman–Crippen MR) is 60.8 cm³/mol.